The molecule has 1 amide bonds. The van der Waals surface area contributed by atoms with Gasteiger partial charge in [0, 0.05) is 11.4 Å². The number of amides is 1. The second-order valence-corrected chi connectivity index (χ2v) is 8.87. The average molecular weight is 415 g/mol. The summed E-state index contributed by atoms with van der Waals surface area (Å²) in [6, 6.07) is 11.1. The SMILES string of the molecule is [C-]#[N+]c1ccc(N2C(=O)C(C)(C)N(c3cccc(S(N)(=O)=O)c3)C2=S)cc1C. The first-order valence-electron chi connectivity index (χ1n) is 8.28. The Hall–Kier alpha value is -2.80. The highest BCUT2D eigenvalue weighted by molar-refractivity contribution is 7.89. The number of nitrogens with two attached hydrogens (primary N) is 1. The Labute approximate surface area is 169 Å². The van der Waals surface area contributed by atoms with E-state index in [-0.39, 0.29) is 15.9 Å². The molecule has 1 aliphatic heterocycles. The molecule has 1 fully saturated rings. The van der Waals surface area contributed by atoms with Gasteiger partial charge in [-0.3, -0.25) is 9.69 Å². The second kappa shape index (κ2) is 6.67. The summed E-state index contributed by atoms with van der Waals surface area (Å²) in [5.41, 5.74) is 1.19. The van der Waals surface area contributed by atoms with Gasteiger partial charge in [0.25, 0.3) is 5.91 Å². The van der Waals surface area contributed by atoms with Crippen LogP contribution < -0.4 is 14.9 Å². The van der Waals surface area contributed by atoms with Gasteiger partial charge in [-0.25, -0.2) is 18.4 Å². The Morgan fingerprint density at radius 3 is 2.39 bits per heavy atom. The Balaban J connectivity index is 2.11. The maximum Gasteiger partial charge on any atom is 0.259 e. The van der Waals surface area contributed by atoms with Crippen LogP contribution in [0.5, 0.6) is 0 Å². The normalized spacial score (nSPS) is 16.4. The number of thiocarbonyl (C=S) groups is 1. The molecule has 0 aliphatic carbocycles. The summed E-state index contributed by atoms with van der Waals surface area (Å²) in [5.74, 6) is -0.256. The Kier molecular flexibility index (Phi) is 4.75. The summed E-state index contributed by atoms with van der Waals surface area (Å²) in [4.78, 5) is 19.5. The molecular formula is C19H18N4O3S2. The van der Waals surface area contributed by atoms with E-state index in [2.05, 4.69) is 4.85 Å². The van der Waals surface area contributed by atoms with E-state index in [1.54, 1.807) is 56.0 Å². The predicted molar refractivity (Wildman–Crippen MR) is 112 cm³/mol. The van der Waals surface area contributed by atoms with Gasteiger partial charge in [0.15, 0.2) is 10.8 Å². The van der Waals surface area contributed by atoms with Crippen LogP contribution in [0.15, 0.2) is 47.4 Å². The van der Waals surface area contributed by atoms with Gasteiger partial charge in [-0.05, 0) is 68.9 Å². The number of sulfonamides is 1. The minimum absolute atomic E-state index is 0.0632. The molecule has 1 heterocycles. The van der Waals surface area contributed by atoms with Crippen molar-refractivity contribution in [2.75, 3.05) is 9.80 Å². The van der Waals surface area contributed by atoms with Crippen LogP contribution in [-0.2, 0) is 14.8 Å². The number of primary sulfonamides is 1. The number of aryl methyl sites for hydroxylation is 1. The van der Waals surface area contributed by atoms with Crippen molar-refractivity contribution >= 4 is 50.3 Å². The molecular weight excluding hydrogens is 396 g/mol. The molecule has 2 aromatic rings. The zero-order valence-electron chi connectivity index (χ0n) is 15.5. The quantitative estimate of drug-likeness (QED) is 0.616. The molecule has 7 nitrogen and oxygen atoms in total. The van der Waals surface area contributed by atoms with Crippen molar-refractivity contribution in [1.82, 2.24) is 0 Å². The summed E-state index contributed by atoms with van der Waals surface area (Å²) < 4.78 is 23.4. The smallest absolute Gasteiger partial charge is 0.259 e. The lowest BCUT2D eigenvalue weighted by Gasteiger charge is -2.29. The molecule has 9 heteroatoms. The number of hydrogen-bond donors (Lipinski definition) is 1. The van der Waals surface area contributed by atoms with Gasteiger partial charge in [0.2, 0.25) is 10.0 Å². The fourth-order valence-corrected chi connectivity index (χ4v) is 4.24. The van der Waals surface area contributed by atoms with Crippen molar-refractivity contribution in [3.05, 3.63) is 59.4 Å². The molecule has 2 aromatic carbocycles. The standard InChI is InChI=1S/C19H18N4O3S2/c1-12-10-13(8-9-16(12)21-4)22-17(24)19(2,3)23(18(22)27)14-6-5-7-15(11-14)28(20,25)26/h5-11H,1-3H3,(H2,20,25,26). The first-order chi connectivity index (χ1) is 13.0. The van der Waals surface area contributed by atoms with E-state index in [4.69, 9.17) is 23.9 Å². The van der Waals surface area contributed by atoms with E-state index in [0.29, 0.717) is 17.1 Å². The van der Waals surface area contributed by atoms with Gasteiger partial charge in [0.05, 0.1) is 11.5 Å². The lowest BCUT2D eigenvalue weighted by Crippen LogP contribution is -2.44. The van der Waals surface area contributed by atoms with Crippen molar-refractivity contribution in [2.24, 2.45) is 5.14 Å². The van der Waals surface area contributed by atoms with Crippen LogP contribution in [-0.4, -0.2) is 25.0 Å². The number of hydrogen-bond acceptors (Lipinski definition) is 4. The molecule has 3 rings (SSSR count). The van der Waals surface area contributed by atoms with E-state index in [9.17, 15) is 13.2 Å². The van der Waals surface area contributed by atoms with Gasteiger partial charge < -0.3 is 4.90 Å². The molecule has 0 saturated carbocycles. The third-order valence-corrected chi connectivity index (χ3v) is 5.91. The fraction of sp³-hybridized carbons (Fsp3) is 0.211. The zero-order valence-corrected chi connectivity index (χ0v) is 17.1. The summed E-state index contributed by atoms with van der Waals surface area (Å²) >= 11 is 5.58. The molecule has 0 atom stereocenters. The number of benzene rings is 2. The number of rotatable bonds is 3. The molecule has 1 aliphatic rings. The van der Waals surface area contributed by atoms with Crippen molar-refractivity contribution in [3.63, 3.8) is 0 Å². The van der Waals surface area contributed by atoms with Crippen LogP contribution in [0.4, 0.5) is 17.1 Å². The molecule has 0 aromatic heterocycles. The van der Waals surface area contributed by atoms with Crippen LogP contribution in [0.1, 0.15) is 19.4 Å². The third-order valence-electron chi connectivity index (χ3n) is 4.63. The topological polar surface area (TPSA) is 88.1 Å². The van der Waals surface area contributed by atoms with Crippen molar-refractivity contribution in [3.8, 4) is 0 Å². The van der Waals surface area contributed by atoms with E-state index in [1.165, 1.54) is 17.0 Å². The van der Waals surface area contributed by atoms with E-state index in [0.717, 1.165) is 5.56 Å². The molecule has 0 radical (unpaired) electrons. The molecule has 0 unspecified atom stereocenters. The Morgan fingerprint density at radius 1 is 1.14 bits per heavy atom. The van der Waals surface area contributed by atoms with Gasteiger partial charge in [-0.1, -0.05) is 12.1 Å². The van der Waals surface area contributed by atoms with Gasteiger partial charge in [-0.2, -0.15) is 0 Å². The summed E-state index contributed by atoms with van der Waals surface area (Å²) in [7, 11) is -3.90. The molecule has 2 N–H and O–H groups in total. The first-order valence-corrected chi connectivity index (χ1v) is 10.2. The predicted octanol–water partition coefficient (Wildman–Crippen LogP) is 3.11. The van der Waals surface area contributed by atoms with Crippen LogP contribution in [0.3, 0.4) is 0 Å². The van der Waals surface area contributed by atoms with E-state index in [1.807, 2.05) is 0 Å². The van der Waals surface area contributed by atoms with Crippen molar-refractivity contribution in [2.45, 2.75) is 31.2 Å². The van der Waals surface area contributed by atoms with Gasteiger partial charge >= 0.3 is 0 Å². The molecule has 0 spiro atoms. The number of anilines is 2. The number of carbonyl (C=O) groups excluding carboxylic acids is 1. The van der Waals surface area contributed by atoms with E-state index < -0.39 is 15.6 Å². The minimum atomic E-state index is -3.90. The molecule has 144 valence electrons. The van der Waals surface area contributed by atoms with Crippen molar-refractivity contribution < 1.29 is 13.2 Å². The Morgan fingerprint density at radius 2 is 1.82 bits per heavy atom. The molecule has 0 bridgehead atoms. The maximum absolute atomic E-state index is 13.2. The summed E-state index contributed by atoms with van der Waals surface area (Å²) in [6.45, 7) is 12.4. The highest BCUT2D eigenvalue weighted by atomic mass is 32.2. The Bertz CT molecular complexity index is 1150. The average Bonchev–Trinajstić information content (AvgIpc) is 2.79. The van der Waals surface area contributed by atoms with Crippen LogP contribution in [0, 0.1) is 13.5 Å². The lowest BCUT2D eigenvalue weighted by atomic mass is 10.0. The minimum Gasteiger partial charge on any atom is -0.303 e. The van der Waals surface area contributed by atoms with E-state index >= 15 is 0 Å². The summed E-state index contributed by atoms with van der Waals surface area (Å²) in [6.07, 6.45) is 0. The first kappa shape index (κ1) is 19.9. The maximum atomic E-state index is 13.2. The summed E-state index contributed by atoms with van der Waals surface area (Å²) in [5, 5.41) is 5.45. The monoisotopic (exact) mass is 414 g/mol. The molecule has 28 heavy (non-hydrogen) atoms. The zero-order chi connectivity index (χ0) is 20.9. The third kappa shape index (κ3) is 3.16. The number of carbonyl (C=O) groups is 1. The van der Waals surface area contributed by atoms with Crippen LogP contribution in [0.25, 0.3) is 4.85 Å². The van der Waals surface area contributed by atoms with Gasteiger partial charge in [-0.15, -0.1) is 0 Å². The lowest BCUT2D eigenvalue weighted by molar-refractivity contribution is -0.120. The highest BCUT2D eigenvalue weighted by Crippen LogP contribution is 2.37. The van der Waals surface area contributed by atoms with Crippen molar-refractivity contribution in [1.29, 1.82) is 0 Å². The number of nitrogens with zero attached hydrogens (tertiary/aromatic N) is 3. The van der Waals surface area contributed by atoms with Gasteiger partial charge in [0.1, 0.15) is 5.54 Å². The fourth-order valence-electron chi connectivity index (χ4n) is 3.16. The molecule has 1 saturated heterocycles. The van der Waals surface area contributed by atoms with Crippen LogP contribution >= 0.6 is 12.2 Å². The largest absolute Gasteiger partial charge is 0.303 e. The second-order valence-electron chi connectivity index (χ2n) is 6.94. The highest BCUT2D eigenvalue weighted by Gasteiger charge is 2.50. The van der Waals surface area contributed by atoms with Crippen LogP contribution in [0.2, 0.25) is 0 Å².